The van der Waals surface area contributed by atoms with Gasteiger partial charge in [0.25, 0.3) is 5.91 Å². The van der Waals surface area contributed by atoms with E-state index in [1.165, 1.54) is 18.3 Å². The molecular formula is C22H20N4O4S. The van der Waals surface area contributed by atoms with Gasteiger partial charge in [0.05, 0.1) is 0 Å². The predicted molar refractivity (Wildman–Crippen MR) is 117 cm³/mol. The second-order valence-electron chi connectivity index (χ2n) is 7.26. The molecule has 2 aromatic carbocycles. The van der Waals surface area contributed by atoms with Crippen LogP contribution in [0.4, 0.5) is 10.8 Å². The Kier molecular flexibility index (Phi) is 5.77. The normalized spacial score (nSPS) is 15.7. The maximum atomic E-state index is 12.5. The molecule has 2 amide bonds. The molecule has 0 radical (unpaired) electrons. The third-order valence-corrected chi connectivity index (χ3v) is 5.83. The minimum absolute atomic E-state index is 0.0456. The number of anilines is 2. The van der Waals surface area contributed by atoms with E-state index >= 15 is 0 Å². The molecule has 31 heavy (non-hydrogen) atoms. The summed E-state index contributed by atoms with van der Waals surface area (Å²) < 4.78 is 4.96. The van der Waals surface area contributed by atoms with Crippen LogP contribution in [-0.2, 0) is 9.59 Å². The molecule has 8 nitrogen and oxygen atoms in total. The highest BCUT2D eigenvalue weighted by molar-refractivity contribution is 7.15. The van der Waals surface area contributed by atoms with Gasteiger partial charge < -0.3 is 9.64 Å². The summed E-state index contributed by atoms with van der Waals surface area (Å²) in [6.45, 7) is 3.83. The summed E-state index contributed by atoms with van der Waals surface area (Å²) in [5.74, 6) is -0.430. The minimum atomic E-state index is -0.426. The fourth-order valence-corrected chi connectivity index (χ4v) is 4.21. The van der Waals surface area contributed by atoms with Crippen molar-refractivity contribution in [2.75, 3.05) is 16.8 Å². The molecule has 0 aliphatic carbocycles. The predicted octanol–water partition coefficient (Wildman–Crippen LogP) is 3.54. The first kappa shape index (κ1) is 20.7. The molecule has 9 heteroatoms. The van der Waals surface area contributed by atoms with Gasteiger partial charge in [0.1, 0.15) is 10.8 Å². The lowest BCUT2D eigenvalue weighted by Gasteiger charge is -2.16. The van der Waals surface area contributed by atoms with E-state index in [-0.39, 0.29) is 17.7 Å². The maximum Gasteiger partial charge on any atom is 0.308 e. The summed E-state index contributed by atoms with van der Waals surface area (Å²) in [5, 5.41) is 12.0. The third kappa shape index (κ3) is 4.77. The van der Waals surface area contributed by atoms with Gasteiger partial charge in [-0.3, -0.25) is 19.7 Å². The van der Waals surface area contributed by atoms with Crippen LogP contribution in [0.3, 0.4) is 0 Å². The first-order valence-electron chi connectivity index (χ1n) is 9.69. The van der Waals surface area contributed by atoms with Crippen LogP contribution in [0.25, 0.3) is 0 Å². The molecule has 158 valence electrons. The Bertz CT molecular complexity index is 1140. The molecule has 0 spiro atoms. The molecule has 4 rings (SSSR count). The summed E-state index contributed by atoms with van der Waals surface area (Å²) in [4.78, 5) is 37.7. The number of amides is 2. The SMILES string of the molecule is CC(=O)Oc1ccc(C(=O)Nc2nnc(C3CC(=O)N(c4cccc(C)c4)C3)s2)cc1. The van der Waals surface area contributed by atoms with E-state index < -0.39 is 5.97 Å². The zero-order chi connectivity index (χ0) is 22.0. The summed E-state index contributed by atoms with van der Waals surface area (Å²) in [5.41, 5.74) is 2.37. The number of ether oxygens (including phenoxy) is 1. The molecule has 1 fully saturated rings. The summed E-state index contributed by atoms with van der Waals surface area (Å²) in [6.07, 6.45) is 0.355. The molecule has 1 aliphatic rings. The first-order valence-corrected chi connectivity index (χ1v) is 10.5. The van der Waals surface area contributed by atoms with Crippen molar-refractivity contribution in [1.29, 1.82) is 0 Å². The quantitative estimate of drug-likeness (QED) is 0.485. The Morgan fingerprint density at radius 3 is 2.65 bits per heavy atom. The number of aryl methyl sites for hydroxylation is 1. The average Bonchev–Trinajstić information content (AvgIpc) is 3.34. The standard InChI is InChI=1S/C22H20N4O4S/c1-13-4-3-5-17(10-13)26-12-16(11-19(26)28)21-24-25-22(31-21)23-20(29)15-6-8-18(9-7-15)30-14(2)27/h3-10,16H,11-12H2,1-2H3,(H,23,25,29). The van der Waals surface area contributed by atoms with E-state index in [9.17, 15) is 14.4 Å². The van der Waals surface area contributed by atoms with Crippen LogP contribution in [0.2, 0.25) is 0 Å². The molecule has 3 aromatic rings. The molecule has 2 heterocycles. The lowest BCUT2D eigenvalue weighted by Crippen LogP contribution is -2.24. The van der Waals surface area contributed by atoms with Crippen LogP contribution in [-0.4, -0.2) is 34.5 Å². The largest absolute Gasteiger partial charge is 0.427 e. The number of hydrogen-bond acceptors (Lipinski definition) is 7. The van der Waals surface area contributed by atoms with Gasteiger partial charge in [-0.15, -0.1) is 10.2 Å². The summed E-state index contributed by atoms with van der Waals surface area (Å²) in [7, 11) is 0. The second kappa shape index (κ2) is 8.65. The number of rotatable bonds is 5. The second-order valence-corrected chi connectivity index (χ2v) is 8.27. The van der Waals surface area contributed by atoms with E-state index in [1.54, 1.807) is 29.2 Å². The Labute approximate surface area is 182 Å². The van der Waals surface area contributed by atoms with Crippen LogP contribution in [0.15, 0.2) is 48.5 Å². The van der Waals surface area contributed by atoms with Crippen molar-refractivity contribution in [2.24, 2.45) is 0 Å². The van der Waals surface area contributed by atoms with E-state index in [2.05, 4.69) is 15.5 Å². The molecule has 0 bridgehead atoms. The van der Waals surface area contributed by atoms with Crippen molar-refractivity contribution >= 4 is 39.9 Å². The van der Waals surface area contributed by atoms with E-state index in [0.717, 1.165) is 11.3 Å². The summed E-state index contributed by atoms with van der Waals surface area (Å²) >= 11 is 1.26. The lowest BCUT2D eigenvalue weighted by molar-refractivity contribution is -0.131. The van der Waals surface area contributed by atoms with Gasteiger partial charge >= 0.3 is 5.97 Å². The highest BCUT2D eigenvalue weighted by atomic mass is 32.1. The van der Waals surface area contributed by atoms with Gasteiger partial charge in [-0.05, 0) is 48.9 Å². The van der Waals surface area contributed by atoms with Crippen molar-refractivity contribution in [3.63, 3.8) is 0 Å². The molecule has 0 saturated carbocycles. The number of aromatic nitrogens is 2. The number of benzene rings is 2. The smallest absolute Gasteiger partial charge is 0.308 e. The molecule has 1 saturated heterocycles. The highest BCUT2D eigenvalue weighted by Crippen LogP contribution is 2.34. The molecule has 1 N–H and O–H groups in total. The Hall–Kier alpha value is -3.59. The average molecular weight is 436 g/mol. The Morgan fingerprint density at radius 2 is 1.94 bits per heavy atom. The van der Waals surface area contributed by atoms with Crippen LogP contribution < -0.4 is 15.0 Å². The topological polar surface area (TPSA) is 101 Å². The number of carbonyl (C=O) groups excluding carboxylic acids is 3. The van der Waals surface area contributed by atoms with Gasteiger partial charge in [0, 0.05) is 37.1 Å². The monoisotopic (exact) mass is 436 g/mol. The molecule has 1 atom stereocenters. The van der Waals surface area contributed by atoms with Gasteiger partial charge in [-0.25, -0.2) is 0 Å². The maximum absolute atomic E-state index is 12.5. The number of nitrogens with one attached hydrogen (secondary N) is 1. The van der Waals surface area contributed by atoms with E-state index in [0.29, 0.717) is 34.4 Å². The fourth-order valence-electron chi connectivity index (χ4n) is 3.38. The van der Waals surface area contributed by atoms with Gasteiger partial charge in [0.2, 0.25) is 11.0 Å². The zero-order valence-electron chi connectivity index (χ0n) is 17.0. The van der Waals surface area contributed by atoms with Gasteiger partial charge in [0.15, 0.2) is 0 Å². The summed E-state index contributed by atoms with van der Waals surface area (Å²) in [6, 6.07) is 14.0. The highest BCUT2D eigenvalue weighted by Gasteiger charge is 2.34. The van der Waals surface area contributed by atoms with Crippen LogP contribution in [0.1, 0.15) is 40.2 Å². The molecule has 1 unspecified atom stereocenters. The van der Waals surface area contributed by atoms with E-state index in [4.69, 9.17) is 4.74 Å². The number of carbonyl (C=O) groups is 3. The molecule has 1 aromatic heterocycles. The third-order valence-electron chi connectivity index (χ3n) is 4.83. The number of nitrogens with zero attached hydrogens (tertiary/aromatic N) is 3. The van der Waals surface area contributed by atoms with Crippen molar-refractivity contribution in [1.82, 2.24) is 10.2 Å². The number of esters is 1. The van der Waals surface area contributed by atoms with Crippen LogP contribution in [0.5, 0.6) is 5.75 Å². The van der Waals surface area contributed by atoms with Crippen LogP contribution in [0, 0.1) is 6.92 Å². The Balaban J connectivity index is 1.41. The van der Waals surface area contributed by atoms with Crippen molar-refractivity contribution in [3.05, 3.63) is 64.7 Å². The molecule has 1 aliphatic heterocycles. The lowest BCUT2D eigenvalue weighted by atomic mass is 10.1. The van der Waals surface area contributed by atoms with Crippen molar-refractivity contribution in [3.8, 4) is 5.75 Å². The van der Waals surface area contributed by atoms with Gasteiger partial charge in [-0.2, -0.15) is 0 Å². The molecular weight excluding hydrogens is 416 g/mol. The first-order chi connectivity index (χ1) is 14.9. The van der Waals surface area contributed by atoms with Crippen molar-refractivity contribution in [2.45, 2.75) is 26.2 Å². The Morgan fingerprint density at radius 1 is 1.16 bits per heavy atom. The fraction of sp³-hybridized carbons (Fsp3) is 0.227. The zero-order valence-corrected chi connectivity index (χ0v) is 17.8. The van der Waals surface area contributed by atoms with Crippen LogP contribution >= 0.6 is 11.3 Å². The minimum Gasteiger partial charge on any atom is -0.427 e. The number of hydrogen-bond donors (Lipinski definition) is 1. The van der Waals surface area contributed by atoms with Crippen molar-refractivity contribution < 1.29 is 19.1 Å². The van der Waals surface area contributed by atoms with Gasteiger partial charge in [-0.1, -0.05) is 23.5 Å². The van der Waals surface area contributed by atoms with E-state index in [1.807, 2.05) is 31.2 Å².